The van der Waals surface area contributed by atoms with Crippen LogP contribution in [-0.4, -0.2) is 28.7 Å². The van der Waals surface area contributed by atoms with E-state index in [1.807, 2.05) is 13.8 Å². The van der Waals surface area contributed by atoms with Crippen molar-refractivity contribution in [2.24, 2.45) is 5.92 Å². The fourth-order valence-electron chi connectivity index (χ4n) is 2.74. The molecule has 0 radical (unpaired) electrons. The molecule has 0 bridgehead atoms. The standard InChI is InChI=1S/C18H26N2O/c1-18(2,21)10-7-15-3-5-17(6-4-15)14-20-11-8-16(13-19)9-12-20/h3-6,16,21H,7-12,14H2,1-2H3. The molecule has 1 aromatic carbocycles. The number of likely N-dealkylation sites (tertiary alicyclic amines) is 1. The van der Waals surface area contributed by atoms with Crippen LogP contribution in [0, 0.1) is 17.2 Å². The maximum atomic E-state index is 9.76. The third-order valence-electron chi connectivity index (χ3n) is 4.22. The molecule has 1 aliphatic heterocycles. The van der Waals surface area contributed by atoms with Gasteiger partial charge in [-0.2, -0.15) is 5.26 Å². The van der Waals surface area contributed by atoms with E-state index in [1.54, 1.807) is 0 Å². The number of aliphatic hydroxyl groups is 1. The summed E-state index contributed by atoms with van der Waals surface area (Å²) >= 11 is 0. The number of hydrogen-bond donors (Lipinski definition) is 1. The Balaban J connectivity index is 1.81. The quantitative estimate of drug-likeness (QED) is 0.904. The molecule has 2 rings (SSSR count). The lowest BCUT2D eigenvalue weighted by Crippen LogP contribution is -2.32. The van der Waals surface area contributed by atoms with Crippen LogP contribution >= 0.6 is 0 Å². The van der Waals surface area contributed by atoms with Gasteiger partial charge < -0.3 is 5.11 Å². The summed E-state index contributed by atoms with van der Waals surface area (Å²) in [4.78, 5) is 2.43. The fourth-order valence-corrected chi connectivity index (χ4v) is 2.74. The van der Waals surface area contributed by atoms with Gasteiger partial charge in [-0.25, -0.2) is 0 Å². The van der Waals surface area contributed by atoms with Crippen molar-refractivity contribution in [3.8, 4) is 6.07 Å². The van der Waals surface area contributed by atoms with Crippen LogP contribution in [0.1, 0.15) is 44.2 Å². The lowest BCUT2D eigenvalue weighted by Gasteiger charge is -2.29. The highest BCUT2D eigenvalue weighted by Gasteiger charge is 2.18. The molecule has 0 spiro atoms. The first kappa shape index (κ1) is 16.0. The number of rotatable bonds is 5. The van der Waals surface area contributed by atoms with E-state index in [-0.39, 0.29) is 5.92 Å². The Hall–Kier alpha value is -1.37. The minimum atomic E-state index is -0.593. The number of nitrogens with zero attached hydrogens (tertiary/aromatic N) is 2. The van der Waals surface area contributed by atoms with Gasteiger partial charge >= 0.3 is 0 Å². The zero-order chi connectivity index (χ0) is 15.3. The van der Waals surface area contributed by atoms with Crippen molar-refractivity contribution in [2.45, 2.75) is 51.7 Å². The minimum absolute atomic E-state index is 0.255. The van der Waals surface area contributed by atoms with Crippen molar-refractivity contribution in [1.82, 2.24) is 4.90 Å². The summed E-state index contributed by atoms with van der Waals surface area (Å²) in [7, 11) is 0. The molecule has 3 heteroatoms. The highest BCUT2D eigenvalue weighted by Crippen LogP contribution is 2.19. The van der Waals surface area contributed by atoms with Gasteiger partial charge in [0.25, 0.3) is 0 Å². The number of aryl methyl sites for hydroxylation is 1. The van der Waals surface area contributed by atoms with Gasteiger partial charge in [0.2, 0.25) is 0 Å². The zero-order valence-electron chi connectivity index (χ0n) is 13.2. The summed E-state index contributed by atoms with van der Waals surface area (Å²) in [5.41, 5.74) is 2.02. The second kappa shape index (κ2) is 7.06. The minimum Gasteiger partial charge on any atom is -0.390 e. The van der Waals surface area contributed by atoms with Gasteiger partial charge in [-0.15, -0.1) is 0 Å². The molecule has 3 nitrogen and oxygen atoms in total. The summed E-state index contributed by atoms with van der Waals surface area (Å²) in [6.45, 7) is 6.74. The number of hydrogen-bond acceptors (Lipinski definition) is 3. The second-order valence-corrected chi connectivity index (χ2v) is 6.81. The molecule has 0 amide bonds. The Kier molecular flexibility index (Phi) is 5.39. The highest BCUT2D eigenvalue weighted by atomic mass is 16.3. The molecule has 1 saturated heterocycles. The van der Waals surface area contributed by atoms with E-state index >= 15 is 0 Å². The van der Waals surface area contributed by atoms with E-state index < -0.39 is 5.60 Å². The molecule has 0 aromatic heterocycles. The third kappa shape index (κ3) is 5.49. The molecule has 1 N–H and O–H groups in total. The van der Waals surface area contributed by atoms with Gasteiger partial charge in [-0.3, -0.25) is 4.90 Å². The van der Waals surface area contributed by atoms with Gasteiger partial charge in [0.1, 0.15) is 0 Å². The van der Waals surface area contributed by atoms with Crippen LogP contribution in [0.4, 0.5) is 0 Å². The lowest BCUT2D eigenvalue weighted by atomic mass is 9.97. The molecule has 1 heterocycles. The van der Waals surface area contributed by atoms with Crippen LogP contribution in [0.15, 0.2) is 24.3 Å². The van der Waals surface area contributed by atoms with E-state index in [0.29, 0.717) is 0 Å². The molecule has 114 valence electrons. The molecular weight excluding hydrogens is 260 g/mol. The first-order valence-electron chi connectivity index (χ1n) is 7.88. The van der Waals surface area contributed by atoms with Gasteiger partial charge in [-0.05, 0) is 63.7 Å². The average molecular weight is 286 g/mol. The maximum Gasteiger partial charge on any atom is 0.0656 e. The molecule has 1 aliphatic rings. The smallest absolute Gasteiger partial charge is 0.0656 e. The first-order valence-corrected chi connectivity index (χ1v) is 7.88. The van der Waals surface area contributed by atoms with E-state index in [2.05, 4.69) is 35.2 Å². The topological polar surface area (TPSA) is 47.3 Å². The molecule has 0 atom stereocenters. The van der Waals surface area contributed by atoms with Gasteiger partial charge in [0.15, 0.2) is 0 Å². The molecule has 0 unspecified atom stereocenters. The number of nitriles is 1. The van der Waals surface area contributed by atoms with Gasteiger partial charge in [0, 0.05) is 12.5 Å². The Morgan fingerprint density at radius 1 is 1.19 bits per heavy atom. The highest BCUT2D eigenvalue weighted by molar-refractivity contribution is 5.22. The predicted octanol–water partition coefficient (Wildman–Crippen LogP) is 3.13. The van der Waals surface area contributed by atoms with Crippen LogP contribution in [-0.2, 0) is 13.0 Å². The van der Waals surface area contributed by atoms with E-state index in [0.717, 1.165) is 45.3 Å². The van der Waals surface area contributed by atoms with Crippen molar-refractivity contribution in [1.29, 1.82) is 5.26 Å². The molecule has 0 saturated carbocycles. The van der Waals surface area contributed by atoms with Gasteiger partial charge in [-0.1, -0.05) is 24.3 Å². The summed E-state index contributed by atoms with van der Waals surface area (Å²) in [6.07, 6.45) is 3.70. The Labute approximate surface area is 128 Å². The first-order chi connectivity index (χ1) is 9.96. The molecule has 1 fully saturated rings. The van der Waals surface area contributed by atoms with Crippen LogP contribution in [0.5, 0.6) is 0 Å². The van der Waals surface area contributed by atoms with Crippen molar-refractivity contribution >= 4 is 0 Å². The van der Waals surface area contributed by atoms with Crippen LogP contribution < -0.4 is 0 Å². The SMILES string of the molecule is CC(C)(O)CCc1ccc(CN2CCC(C#N)CC2)cc1. The van der Waals surface area contributed by atoms with Crippen molar-refractivity contribution in [3.63, 3.8) is 0 Å². The Bertz CT molecular complexity index is 473. The lowest BCUT2D eigenvalue weighted by molar-refractivity contribution is 0.0714. The summed E-state index contributed by atoms with van der Waals surface area (Å²) in [5, 5.41) is 18.7. The second-order valence-electron chi connectivity index (χ2n) is 6.81. The predicted molar refractivity (Wildman–Crippen MR) is 84.7 cm³/mol. The van der Waals surface area contributed by atoms with Crippen LogP contribution in [0.25, 0.3) is 0 Å². The normalized spacial score (nSPS) is 17.6. The largest absolute Gasteiger partial charge is 0.390 e. The summed E-state index contributed by atoms with van der Waals surface area (Å²) < 4.78 is 0. The van der Waals surface area contributed by atoms with Gasteiger partial charge in [0.05, 0.1) is 11.7 Å². The van der Waals surface area contributed by atoms with Crippen molar-refractivity contribution in [3.05, 3.63) is 35.4 Å². The maximum absolute atomic E-state index is 9.76. The monoisotopic (exact) mass is 286 g/mol. The number of benzene rings is 1. The van der Waals surface area contributed by atoms with Crippen LogP contribution in [0.3, 0.4) is 0 Å². The summed E-state index contributed by atoms with van der Waals surface area (Å²) in [5.74, 6) is 0.255. The fraction of sp³-hybridized carbons (Fsp3) is 0.611. The van der Waals surface area contributed by atoms with E-state index in [1.165, 1.54) is 11.1 Å². The van der Waals surface area contributed by atoms with Crippen molar-refractivity contribution in [2.75, 3.05) is 13.1 Å². The van der Waals surface area contributed by atoms with Crippen LogP contribution in [0.2, 0.25) is 0 Å². The van der Waals surface area contributed by atoms with E-state index in [4.69, 9.17) is 5.26 Å². The van der Waals surface area contributed by atoms with E-state index in [9.17, 15) is 5.11 Å². The Morgan fingerprint density at radius 3 is 2.29 bits per heavy atom. The number of piperidine rings is 1. The Morgan fingerprint density at radius 2 is 1.76 bits per heavy atom. The molecule has 0 aliphatic carbocycles. The zero-order valence-corrected chi connectivity index (χ0v) is 13.2. The average Bonchev–Trinajstić information content (AvgIpc) is 2.46. The van der Waals surface area contributed by atoms with Crippen molar-refractivity contribution < 1.29 is 5.11 Å². The molecule has 1 aromatic rings. The molecule has 21 heavy (non-hydrogen) atoms. The third-order valence-corrected chi connectivity index (χ3v) is 4.22. The molecular formula is C18H26N2O. The summed E-state index contributed by atoms with van der Waals surface area (Å²) in [6, 6.07) is 11.1.